The van der Waals surface area contributed by atoms with Crippen molar-refractivity contribution in [2.75, 3.05) is 39.3 Å². The van der Waals surface area contributed by atoms with Crippen molar-refractivity contribution in [3.05, 3.63) is 35.4 Å². The first-order valence-corrected chi connectivity index (χ1v) is 10.7. The molecular weight excluding hydrogens is 374 g/mol. The summed E-state index contributed by atoms with van der Waals surface area (Å²) in [5, 5.41) is 6.78. The van der Waals surface area contributed by atoms with Crippen LogP contribution < -0.4 is 10.6 Å². The SMILES string of the molecule is CCNC(=NCC(C)c1ccc(F)cc1F)NC1CCN(CCOC(C)C)CC1. The van der Waals surface area contributed by atoms with E-state index in [2.05, 4.69) is 34.4 Å². The molecule has 1 aromatic carbocycles. The lowest BCUT2D eigenvalue weighted by Crippen LogP contribution is -2.49. The smallest absolute Gasteiger partial charge is 0.191 e. The van der Waals surface area contributed by atoms with Crippen LogP contribution in [0.5, 0.6) is 0 Å². The first-order valence-electron chi connectivity index (χ1n) is 10.7. The summed E-state index contributed by atoms with van der Waals surface area (Å²) in [7, 11) is 0. The lowest BCUT2D eigenvalue weighted by molar-refractivity contribution is 0.0532. The Kier molecular flexibility index (Phi) is 9.81. The molecule has 1 aromatic rings. The zero-order valence-electron chi connectivity index (χ0n) is 18.2. The van der Waals surface area contributed by atoms with Gasteiger partial charge in [0.2, 0.25) is 0 Å². The van der Waals surface area contributed by atoms with E-state index in [1.165, 1.54) is 12.1 Å². The first-order chi connectivity index (χ1) is 13.9. The number of piperidine rings is 1. The second kappa shape index (κ2) is 12.1. The van der Waals surface area contributed by atoms with Gasteiger partial charge in [0.15, 0.2) is 5.96 Å². The molecule has 0 saturated carbocycles. The molecule has 1 aliphatic heterocycles. The van der Waals surface area contributed by atoms with Crippen molar-refractivity contribution in [3.8, 4) is 0 Å². The minimum absolute atomic E-state index is 0.131. The molecule has 0 radical (unpaired) electrons. The molecule has 2 rings (SSSR count). The van der Waals surface area contributed by atoms with Gasteiger partial charge in [0.1, 0.15) is 11.6 Å². The van der Waals surface area contributed by atoms with Crippen LogP contribution in [-0.2, 0) is 4.74 Å². The highest BCUT2D eigenvalue weighted by Gasteiger charge is 2.20. The van der Waals surface area contributed by atoms with E-state index in [-0.39, 0.29) is 12.0 Å². The molecule has 1 atom stereocenters. The van der Waals surface area contributed by atoms with Crippen LogP contribution in [0.15, 0.2) is 23.2 Å². The Balaban J connectivity index is 1.83. The van der Waals surface area contributed by atoms with Gasteiger partial charge in [-0.1, -0.05) is 13.0 Å². The van der Waals surface area contributed by atoms with Crippen LogP contribution in [0.4, 0.5) is 8.78 Å². The third kappa shape index (κ3) is 8.26. The summed E-state index contributed by atoms with van der Waals surface area (Å²) in [4.78, 5) is 7.07. The van der Waals surface area contributed by atoms with Crippen LogP contribution in [0, 0.1) is 11.6 Å². The number of halogens is 2. The van der Waals surface area contributed by atoms with Crippen molar-refractivity contribution < 1.29 is 13.5 Å². The van der Waals surface area contributed by atoms with Crippen molar-refractivity contribution in [1.82, 2.24) is 15.5 Å². The molecule has 1 aliphatic rings. The normalized spacial score (nSPS) is 17.6. The largest absolute Gasteiger partial charge is 0.377 e. The zero-order chi connectivity index (χ0) is 21.2. The Labute approximate surface area is 173 Å². The minimum atomic E-state index is -0.556. The highest BCUT2D eigenvalue weighted by molar-refractivity contribution is 5.80. The molecule has 29 heavy (non-hydrogen) atoms. The van der Waals surface area contributed by atoms with Gasteiger partial charge < -0.3 is 20.3 Å². The zero-order valence-corrected chi connectivity index (χ0v) is 18.2. The topological polar surface area (TPSA) is 48.9 Å². The molecule has 164 valence electrons. The Morgan fingerprint density at radius 2 is 1.97 bits per heavy atom. The van der Waals surface area contributed by atoms with Gasteiger partial charge in [-0.15, -0.1) is 0 Å². The fourth-order valence-corrected chi connectivity index (χ4v) is 3.46. The molecule has 0 aliphatic carbocycles. The quantitative estimate of drug-likeness (QED) is 0.483. The maximum absolute atomic E-state index is 14.0. The van der Waals surface area contributed by atoms with Crippen LogP contribution >= 0.6 is 0 Å². The van der Waals surface area contributed by atoms with Crippen LogP contribution in [0.25, 0.3) is 0 Å². The lowest BCUT2D eigenvalue weighted by Gasteiger charge is -2.33. The molecule has 0 amide bonds. The second-order valence-electron chi connectivity index (χ2n) is 7.97. The third-order valence-electron chi connectivity index (χ3n) is 5.15. The summed E-state index contributed by atoms with van der Waals surface area (Å²) in [5.41, 5.74) is 0.489. The van der Waals surface area contributed by atoms with E-state index in [1.807, 2.05) is 13.8 Å². The number of benzene rings is 1. The fraction of sp³-hybridized carbons (Fsp3) is 0.682. The van der Waals surface area contributed by atoms with Gasteiger partial charge in [0.05, 0.1) is 12.7 Å². The van der Waals surface area contributed by atoms with E-state index in [0.29, 0.717) is 18.2 Å². The highest BCUT2D eigenvalue weighted by atomic mass is 19.1. The summed E-state index contributed by atoms with van der Waals surface area (Å²) >= 11 is 0. The van der Waals surface area contributed by atoms with Gasteiger partial charge in [-0.3, -0.25) is 4.99 Å². The van der Waals surface area contributed by atoms with Crippen LogP contribution in [0.3, 0.4) is 0 Å². The molecule has 7 heteroatoms. The maximum Gasteiger partial charge on any atom is 0.191 e. The van der Waals surface area contributed by atoms with Gasteiger partial charge in [-0.25, -0.2) is 8.78 Å². The van der Waals surface area contributed by atoms with Gasteiger partial charge >= 0.3 is 0 Å². The van der Waals surface area contributed by atoms with Gasteiger partial charge in [0.25, 0.3) is 0 Å². The van der Waals surface area contributed by atoms with Gasteiger partial charge in [-0.2, -0.15) is 0 Å². The molecule has 5 nitrogen and oxygen atoms in total. The van der Waals surface area contributed by atoms with E-state index in [1.54, 1.807) is 0 Å². The van der Waals surface area contributed by atoms with E-state index >= 15 is 0 Å². The Hall–Kier alpha value is -1.73. The van der Waals surface area contributed by atoms with Crippen LogP contribution in [-0.4, -0.2) is 62.3 Å². The number of guanidine groups is 1. The van der Waals surface area contributed by atoms with Gasteiger partial charge in [-0.05, 0) is 45.2 Å². The molecule has 0 spiro atoms. The molecule has 2 N–H and O–H groups in total. The summed E-state index contributed by atoms with van der Waals surface area (Å²) in [6.45, 7) is 13.1. The minimum Gasteiger partial charge on any atom is -0.377 e. The predicted octanol–water partition coefficient (Wildman–Crippen LogP) is 3.51. The van der Waals surface area contributed by atoms with Crippen molar-refractivity contribution in [2.45, 2.75) is 58.6 Å². The number of nitrogens with one attached hydrogen (secondary N) is 2. The van der Waals surface area contributed by atoms with E-state index < -0.39 is 11.6 Å². The van der Waals surface area contributed by atoms with Crippen molar-refractivity contribution in [3.63, 3.8) is 0 Å². The third-order valence-corrected chi connectivity index (χ3v) is 5.15. The lowest BCUT2D eigenvalue weighted by atomic mass is 10.0. The Morgan fingerprint density at radius 1 is 1.24 bits per heavy atom. The molecule has 1 fully saturated rings. The number of likely N-dealkylation sites (tertiary alicyclic amines) is 1. The fourth-order valence-electron chi connectivity index (χ4n) is 3.46. The molecule has 0 aromatic heterocycles. The molecule has 1 saturated heterocycles. The number of nitrogens with zero attached hydrogens (tertiary/aromatic N) is 2. The average Bonchev–Trinajstić information content (AvgIpc) is 2.67. The van der Waals surface area contributed by atoms with Crippen LogP contribution in [0.2, 0.25) is 0 Å². The summed E-state index contributed by atoms with van der Waals surface area (Å²) < 4.78 is 32.7. The van der Waals surface area contributed by atoms with E-state index in [9.17, 15) is 8.78 Å². The van der Waals surface area contributed by atoms with Crippen molar-refractivity contribution in [2.24, 2.45) is 4.99 Å². The second-order valence-corrected chi connectivity index (χ2v) is 7.97. The molecule has 0 bridgehead atoms. The predicted molar refractivity (Wildman–Crippen MR) is 114 cm³/mol. The summed E-state index contributed by atoms with van der Waals surface area (Å²) in [6, 6.07) is 4.10. The van der Waals surface area contributed by atoms with E-state index in [4.69, 9.17) is 4.74 Å². The van der Waals surface area contributed by atoms with E-state index in [0.717, 1.165) is 57.7 Å². The van der Waals surface area contributed by atoms with Crippen molar-refractivity contribution in [1.29, 1.82) is 0 Å². The maximum atomic E-state index is 14.0. The Bertz CT molecular complexity index is 646. The number of hydrogen-bond acceptors (Lipinski definition) is 3. The van der Waals surface area contributed by atoms with Crippen LogP contribution in [0.1, 0.15) is 52.0 Å². The number of ether oxygens (including phenoxy) is 1. The van der Waals surface area contributed by atoms with Crippen molar-refractivity contribution >= 4 is 5.96 Å². The highest BCUT2D eigenvalue weighted by Crippen LogP contribution is 2.20. The van der Waals surface area contributed by atoms with Gasteiger partial charge in [0, 0.05) is 50.7 Å². The molecular formula is C22H36F2N4O. The molecule has 1 unspecified atom stereocenters. The standard InChI is InChI=1S/C22H36F2N4O/c1-5-25-22(26-15-17(4)20-7-6-18(23)14-21(20)24)27-19-8-10-28(11-9-19)12-13-29-16(2)3/h6-7,14,16-17,19H,5,8-13,15H2,1-4H3,(H2,25,26,27). The summed E-state index contributed by atoms with van der Waals surface area (Å²) in [5.74, 6) is -0.448. The summed E-state index contributed by atoms with van der Waals surface area (Å²) in [6.07, 6.45) is 2.38. The number of rotatable bonds is 9. The monoisotopic (exact) mass is 410 g/mol. The average molecular weight is 411 g/mol. The Morgan fingerprint density at radius 3 is 2.59 bits per heavy atom. The number of hydrogen-bond donors (Lipinski definition) is 2. The molecule has 1 heterocycles. The first kappa shape index (κ1) is 23.5. The number of aliphatic imine (C=N–C) groups is 1.